The van der Waals surface area contributed by atoms with Gasteiger partial charge in [0.2, 0.25) is 5.76 Å². The summed E-state index contributed by atoms with van der Waals surface area (Å²) in [6.45, 7) is 4.46. The van der Waals surface area contributed by atoms with E-state index in [4.69, 9.17) is 13.9 Å². The van der Waals surface area contributed by atoms with Crippen molar-refractivity contribution in [3.8, 4) is 0 Å². The molecule has 0 N–H and O–H groups in total. The predicted octanol–water partition coefficient (Wildman–Crippen LogP) is 3.73. The van der Waals surface area contributed by atoms with Gasteiger partial charge in [0.15, 0.2) is 0 Å². The van der Waals surface area contributed by atoms with Crippen molar-refractivity contribution >= 4 is 33.9 Å². The fourth-order valence-electron chi connectivity index (χ4n) is 3.16. The standard InChI is InChI=1S/C21H19N3O5/c1-3-24-17-10-9-13(11-16(17)22-23-24)20(25)28-12-15-14-7-5-6-8-18(14)29-19(15)21(26)27-4-2/h5-11H,3-4,12H2,1-2H3. The Kier molecular flexibility index (Phi) is 4.99. The second kappa shape index (κ2) is 7.75. The number of nitrogens with zero attached hydrogens (tertiary/aromatic N) is 3. The second-order valence-corrected chi connectivity index (χ2v) is 6.31. The minimum absolute atomic E-state index is 0.0437. The zero-order valence-electron chi connectivity index (χ0n) is 16.0. The van der Waals surface area contributed by atoms with Gasteiger partial charge in [-0.2, -0.15) is 0 Å². The number of para-hydroxylation sites is 1. The van der Waals surface area contributed by atoms with Gasteiger partial charge in [0.1, 0.15) is 17.7 Å². The number of carbonyl (C=O) groups is 2. The summed E-state index contributed by atoms with van der Waals surface area (Å²) in [5.74, 6) is -1.08. The molecule has 8 heteroatoms. The molecule has 2 aromatic heterocycles. The van der Waals surface area contributed by atoms with Gasteiger partial charge in [-0.1, -0.05) is 23.4 Å². The maximum Gasteiger partial charge on any atom is 0.374 e. The van der Waals surface area contributed by atoms with E-state index in [1.807, 2.05) is 13.0 Å². The summed E-state index contributed by atoms with van der Waals surface area (Å²) in [4.78, 5) is 24.8. The number of hydrogen-bond donors (Lipinski definition) is 0. The SMILES string of the molecule is CCOC(=O)c1oc2ccccc2c1COC(=O)c1ccc2c(c1)nnn2CC. The number of furan rings is 1. The lowest BCUT2D eigenvalue weighted by molar-refractivity contribution is 0.0435. The molecule has 29 heavy (non-hydrogen) atoms. The van der Waals surface area contributed by atoms with Crippen LogP contribution in [0.3, 0.4) is 0 Å². The number of aromatic nitrogens is 3. The van der Waals surface area contributed by atoms with Gasteiger partial charge in [-0.15, -0.1) is 5.10 Å². The van der Waals surface area contributed by atoms with Gasteiger partial charge in [0.25, 0.3) is 0 Å². The van der Waals surface area contributed by atoms with E-state index in [0.717, 1.165) is 5.52 Å². The minimum atomic E-state index is -0.590. The third-order valence-electron chi connectivity index (χ3n) is 4.56. The van der Waals surface area contributed by atoms with Crippen LogP contribution in [0.4, 0.5) is 0 Å². The molecule has 2 aromatic carbocycles. The zero-order chi connectivity index (χ0) is 20.4. The summed E-state index contributed by atoms with van der Waals surface area (Å²) < 4.78 is 17.9. The van der Waals surface area contributed by atoms with Crippen molar-refractivity contribution in [3.05, 3.63) is 59.4 Å². The molecule has 0 unspecified atom stereocenters. The molecule has 0 fully saturated rings. The van der Waals surface area contributed by atoms with Crippen LogP contribution < -0.4 is 0 Å². The number of esters is 2. The van der Waals surface area contributed by atoms with Crippen molar-refractivity contribution in [2.24, 2.45) is 0 Å². The Hall–Kier alpha value is -3.68. The van der Waals surface area contributed by atoms with Gasteiger partial charge in [-0.05, 0) is 38.1 Å². The van der Waals surface area contributed by atoms with Gasteiger partial charge in [0.05, 0.1) is 23.3 Å². The quantitative estimate of drug-likeness (QED) is 0.461. The summed E-state index contributed by atoms with van der Waals surface area (Å²) in [7, 11) is 0. The Labute approximate surface area is 166 Å². The largest absolute Gasteiger partial charge is 0.460 e. The van der Waals surface area contributed by atoms with Crippen molar-refractivity contribution in [1.82, 2.24) is 15.0 Å². The third kappa shape index (κ3) is 3.44. The number of carbonyl (C=O) groups excluding carboxylic acids is 2. The smallest absolute Gasteiger partial charge is 0.374 e. The minimum Gasteiger partial charge on any atom is -0.460 e. The molecule has 0 aliphatic heterocycles. The van der Waals surface area contributed by atoms with Crippen molar-refractivity contribution < 1.29 is 23.5 Å². The summed E-state index contributed by atoms with van der Waals surface area (Å²) in [5, 5.41) is 8.80. The second-order valence-electron chi connectivity index (χ2n) is 6.31. The third-order valence-corrected chi connectivity index (χ3v) is 4.56. The molecular formula is C21H19N3O5. The van der Waals surface area contributed by atoms with Crippen LogP contribution in [0, 0.1) is 0 Å². The highest BCUT2D eigenvalue weighted by Gasteiger charge is 2.23. The number of benzene rings is 2. The van der Waals surface area contributed by atoms with E-state index in [0.29, 0.717) is 34.2 Å². The van der Waals surface area contributed by atoms with Crippen LogP contribution in [0.2, 0.25) is 0 Å². The molecule has 0 radical (unpaired) electrons. The van der Waals surface area contributed by atoms with Crippen LogP contribution in [-0.2, 0) is 22.6 Å². The van der Waals surface area contributed by atoms with E-state index in [-0.39, 0.29) is 19.0 Å². The highest BCUT2D eigenvalue weighted by atomic mass is 16.5. The number of rotatable bonds is 6. The number of ether oxygens (including phenoxy) is 2. The molecule has 2 heterocycles. The first kappa shape index (κ1) is 18.7. The lowest BCUT2D eigenvalue weighted by Gasteiger charge is -2.06. The predicted molar refractivity (Wildman–Crippen MR) is 104 cm³/mol. The first-order valence-electron chi connectivity index (χ1n) is 9.30. The normalized spacial score (nSPS) is 11.1. The fourth-order valence-corrected chi connectivity index (χ4v) is 3.16. The number of aryl methyl sites for hydroxylation is 1. The van der Waals surface area contributed by atoms with E-state index < -0.39 is 11.9 Å². The van der Waals surface area contributed by atoms with E-state index in [1.54, 1.807) is 48.0 Å². The molecule has 0 saturated carbocycles. The van der Waals surface area contributed by atoms with Gasteiger partial charge >= 0.3 is 11.9 Å². The van der Waals surface area contributed by atoms with Crippen LogP contribution in [0.5, 0.6) is 0 Å². The lowest BCUT2D eigenvalue weighted by atomic mass is 10.1. The molecule has 4 aromatic rings. The number of fused-ring (bicyclic) bond motifs is 2. The maximum atomic E-state index is 12.6. The van der Waals surface area contributed by atoms with E-state index in [9.17, 15) is 9.59 Å². The zero-order valence-corrected chi connectivity index (χ0v) is 16.0. The molecule has 8 nitrogen and oxygen atoms in total. The molecule has 0 aliphatic rings. The highest BCUT2D eigenvalue weighted by Crippen LogP contribution is 2.27. The average Bonchev–Trinajstić information content (AvgIpc) is 3.32. The van der Waals surface area contributed by atoms with Crippen molar-refractivity contribution in [2.75, 3.05) is 6.61 Å². The first-order chi connectivity index (χ1) is 14.1. The summed E-state index contributed by atoms with van der Waals surface area (Å²) in [5.41, 5.74) is 2.81. The van der Waals surface area contributed by atoms with Crippen LogP contribution in [-0.4, -0.2) is 33.5 Å². The van der Waals surface area contributed by atoms with Crippen molar-refractivity contribution in [1.29, 1.82) is 0 Å². The highest BCUT2D eigenvalue weighted by molar-refractivity contribution is 5.97. The van der Waals surface area contributed by atoms with Crippen LogP contribution in [0.15, 0.2) is 46.9 Å². The molecule has 0 saturated heterocycles. The van der Waals surface area contributed by atoms with Gasteiger partial charge < -0.3 is 13.9 Å². The molecule has 0 amide bonds. The molecule has 0 bridgehead atoms. The van der Waals surface area contributed by atoms with Crippen LogP contribution >= 0.6 is 0 Å². The van der Waals surface area contributed by atoms with E-state index in [2.05, 4.69) is 10.3 Å². The van der Waals surface area contributed by atoms with E-state index >= 15 is 0 Å². The Balaban J connectivity index is 1.60. The molecular weight excluding hydrogens is 374 g/mol. The Bertz CT molecular complexity index is 1210. The van der Waals surface area contributed by atoms with Gasteiger partial charge in [-0.25, -0.2) is 14.3 Å². The summed E-state index contributed by atoms with van der Waals surface area (Å²) in [6.07, 6.45) is 0. The van der Waals surface area contributed by atoms with E-state index in [1.165, 1.54) is 0 Å². The van der Waals surface area contributed by atoms with Crippen molar-refractivity contribution in [3.63, 3.8) is 0 Å². The van der Waals surface area contributed by atoms with Crippen LogP contribution in [0.25, 0.3) is 22.0 Å². The fraction of sp³-hybridized carbons (Fsp3) is 0.238. The molecule has 0 spiro atoms. The van der Waals surface area contributed by atoms with Crippen LogP contribution in [0.1, 0.15) is 40.3 Å². The first-order valence-corrected chi connectivity index (χ1v) is 9.30. The van der Waals surface area contributed by atoms with Gasteiger partial charge in [-0.3, -0.25) is 0 Å². The summed E-state index contributed by atoms with van der Waals surface area (Å²) in [6, 6.07) is 12.3. The Morgan fingerprint density at radius 2 is 1.90 bits per heavy atom. The molecule has 0 aliphatic carbocycles. The Morgan fingerprint density at radius 3 is 2.69 bits per heavy atom. The number of hydrogen-bond acceptors (Lipinski definition) is 7. The van der Waals surface area contributed by atoms with Gasteiger partial charge in [0, 0.05) is 11.9 Å². The molecule has 0 atom stereocenters. The average molecular weight is 393 g/mol. The molecule has 148 valence electrons. The molecule has 4 rings (SSSR count). The maximum absolute atomic E-state index is 12.6. The summed E-state index contributed by atoms with van der Waals surface area (Å²) >= 11 is 0. The lowest BCUT2D eigenvalue weighted by Crippen LogP contribution is -2.10. The topological polar surface area (TPSA) is 96.5 Å². The Morgan fingerprint density at radius 1 is 1.07 bits per heavy atom. The monoisotopic (exact) mass is 393 g/mol. The van der Waals surface area contributed by atoms with Crippen molar-refractivity contribution in [2.45, 2.75) is 27.0 Å².